The molecule has 2 saturated heterocycles. The van der Waals surface area contributed by atoms with Crippen molar-refractivity contribution in [3.8, 4) is 0 Å². The topological polar surface area (TPSA) is 54.5 Å². The Balaban J connectivity index is 1.58. The maximum Gasteiger partial charge on any atom is 0.280 e. The zero-order valence-electron chi connectivity index (χ0n) is 13.7. The van der Waals surface area contributed by atoms with Gasteiger partial charge >= 0.3 is 0 Å². The lowest BCUT2D eigenvalue weighted by molar-refractivity contribution is 0.0696. The number of rotatable bonds is 4. The molecule has 2 aliphatic heterocycles. The van der Waals surface area contributed by atoms with Gasteiger partial charge in [-0.25, -0.2) is 4.98 Å². The molecular weight excluding hydrogens is 310 g/mol. The van der Waals surface area contributed by atoms with E-state index >= 15 is 0 Å². The fourth-order valence-electron chi connectivity index (χ4n) is 3.04. The molecule has 0 unspecified atom stereocenters. The van der Waals surface area contributed by atoms with E-state index in [0.29, 0.717) is 5.01 Å². The number of hydrogen-bond donors (Lipinski definition) is 1. The highest BCUT2D eigenvalue weighted by atomic mass is 32.1. The van der Waals surface area contributed by atoms with E-state index in [0.717, 1.165) is 56.5 Å². The normalized spacial score (nSPS) is 20.5. The van der Waals surface area contributed by atoms with Crippen molar-refractivity contribution >= 4 is 22.9 Å². The van der Waals surface area contributed by atoms with Gasteiger partial charge in [0.25, 0.3) is 5.91 Å². The molecule has 1 aromatic rings. The first-order chi connectivity index (χ1) is 11.1. The summed E-state index contributed by atoms with van der Waals surface area (Å²) in [5.74, 6) is 0.712. The number of nitrogens with zero attached hydrogens (tertiary/aromatic N) is 2. The molecule has 23 heavy (non-hydrogen) atoms. The molecular formula is C17H25N3O2S. The Labute approximate surface area is 141 Å². The Kier molecular flexibility index (Phi) is 5.33. The van der Waals surface area contributed by atoms with E-state index in [9.17, 15) is 4.79 Å². The molecule has 1 aromatic heterocycles. The highest BCUT2D eigenvalue weighted by Crippen LogP contribution is 2.25. The Morgan fingerprint density at radius 1 is 1.35 bits per heavy atom. The number of hydrogen-bond acceptors (Lipinski definition) is 5. The minimum Gasteiger partial charge on any atom is -0.381 e. The van der Waals surface area contributed by atoms with E-state index in [1.807, 2.05) is 5.38 Å². The summed E-state index contributed by atoms with van der Waals surface area (Å²) >= 11 is 1.40. The number of ether oxygens (including phenoxy) is 1. The first kappa shape index (κ1) is 16.5. The zero-order valence-corrected chi connectivity index (χ0v) is 14.5. The summed E-state index contributed by atoms with van der Waals surface area (Å²) in [7, 11) is 0. The summed E-state index contributed by atoms with van der Waals surface area (Å²) in [6.07, 6.45) is 4.14. The molecule has 0 spiro atoms. The van der Waals surface area contributed by atoms with Gasteiger partial charge in [-0.2, -0.15) is 0 Å². The number of amides is 1. The predicted octanol–water partition coefficient (Wildman–Crippen LogP) is 2.75. The summed E-state index contributed by atoms with van der Waals surface area (Å²) in [5, 5.41) is 5.53. The van der Waals surface area contributed by atoms with Crippen LogP contribution < -0.4 is 5.32 Å². The molecule has 0 aliphatic carbocycles. The van der Waals surface area contributed by atoms with E-state index in [1.165, 1.54) is 24.2 Å². The Bertz CT molecular complexity index is 558. The van der Waals surface area contributed by atoms with Crippen molar-refractivity contribution in [3.05, 3.63) is 22.7 Å². The SMILES string of the molecule is C=C(c1csc(C(=O)NC2CCOCC2)n1)N1CCC(C)CC1. The zero-order chi connectivity index (χ0) is 16.2. The predicted molar refractivity (Wildman–Crippen MR) is 92.4 cm³/mol. The van der Waals surface area contributed by atoms with Crippen LogP contribution in [0.4, 0.5) is 0 Å². The van der Waals surface area contributed by atoms with Gasteiger partial charge in [-0.15, -0.1) is 11.3 Å². The van der Waals surface area contributed by atoms with Gasteiger partial charge in [-0.3, -0.25) is 4.79 Å². The van der Waals surface area contributed by atoms with E-state index in [4.69, 9.17) is 4.74 Å². The van der Waals surface area contributed by atoms with Crippen molar-refractivity contribution < 1.29 is 9.53 Å². The lowest BCUT2D eigenvalue weighted by atomic mass is 9.99. The average Bonchev–Trinajstić information content (AvgIpc) is 3.06. The Morgan fingerprint density at radius 2 is 2.04 bits per heavy atom. The smallest absolute Gasteiger partial charge is 0.280 e. The molecule has 1 N–H and O–H groups in total. The Hall–Kier alpha value is -1.40. The van der Waals surface area contributed by atoms with E-state index < -0.39 is 0 Å². The van der Waals surface area contributed by atoms with Gasteiger partial charge in [-0.05, 0) is 31.6 Å². The lowest BCUT2D eigenvalue weighted by Gasteiger charge is -2.32. The van der Waals surface area contributed by atoms with Crippen molar-refractivity contribution in [1.29, 1.82) is 0 Å². The summed E-state index contributed by atoms with van der Waals surface area (Å²) in [6.45, 7) is 9.98. The van der Waals surface area contributed by atoms with Crippen LogP contribution in [0.5, 0.6) is 0 Å². The third-order valence-electron chi connectivity index (χ3n) is 4.72. The second-order valence-corrected chi connectivity index (χ2v) is 7.37. The lowest BCUT2D eigenvalue weighted by Crippen LogP contribution is -2.38. The molecule has 0 saturated carbocycles. The van der Waals surface area contributed by atoms with Crippen molar-refractivity contribution in [3.63, 3.8) is 0 Å². The van der Waals surface area contributed by atoms with Gasteiger partial charge in [0.2, 0.25) is 0 Å². The second-order valence-electron chi connectivity index (χ2n) is 6.51. The van der Waals surface area contributed by atoms with Crippen LogP contribution in [-0.4, -0.2) is 48.1 Å². The molecule has 0 aromatic carbocycles. The average molecular weight is 335 g/mol. The summed E-state index contributed by atoms with van der Waals surface area (Å²) < 4.78 is 5.32. The molecule has 2 aliphatic rings. The van der Waals surface area contributed by atoms with Crippen LogP contribution in [0.1, 0.15) is 48.1 Å². The summed E-state index contributed by atoms with van der Waals surface area (Å²) in [5.41, 5.74) is 1.78. The van der Waals surface area contributed by atoms with Gasteiger partial charge in [0, 0.05) is 37.7 Å². The van der Waals surface area contributed by atoms with Crippen molar-refractivity contribution in [2.45, 2.75) is 38.6 Å². The van der Waals surface area contributed by atoms with Gasteiger partial charge in [0.15, 0.2) is 5.01 Å². The number of nitrogens with one attached hydrogen (secondary N) is 1. The van der Waals surface area contributed by atoms with Crippen molar-refractivity contribution in [1.82, 2.24) is 15.2 Å². The molecule has 0 bridgehead atoms. The number of carbonyl (C=O) groups is 1. The minimum atomic E-state index is -0.0757. The fraction of sp³-hybridized carbons (Fsp3) is 0.647. The first-order valence-electron chi connectivity index (χ1n) is 8.42. The van der Waals surface area contributed by atoms with Gasteiger partial charge in [0.05, 0.1) is 11.4 Å². The highest BCUT2D eigenvalue weighted by Gasteiger charge is 2.22. The van der Waals surface area contributed by atoms with Crippen LogP contribution in [0, 0.1) is 5.92 Å². The fourth-order valence-corrected chi connectivity index (χ4v) is 3.77. The van der Waals surface area contributed by atoms with Crippen LogP contribution in [0.2, 0.25) is 0 Å². The maximum atomic E-state index is 12.3. The number of aromatic nitrogens is 1. The van der Waals surface area contributed by atoms with Gasteiger partial charge in [-0.1, -0.05) is 13.5 Å². The largest absolute Gasteiger partial charge is 0.381 e. The number of likely N-dealkylation sites (tertiary alicyclic amines) is 1. The number of piperidine rings is 1. The van der Waals surface area contributed by atoms with Crippen LogP contribution in [0.15, 0.2) is 12.0 Å². The molecule has 3 heterocycles. The van der Waals surface area contributed by atoms with E-state index in [-0.39, 0.29) is 11.9 Å². The third-order valence-corrected chi connectivity index (χ3v) is 5.56. The molecule has 2 fully saturated rings. The molecule has 0 atom stereocenters. The molecule has 6 heteroatoms. The van der Waals surface area contributed by atoms with Crippen LogP contribution in [0.25, 0.3) is 5.70 Å². The maximum absolute atomic E-state index is 12.3. The molecule has 1 amide bonds. The third kappa shape index (κ3) is 4.12. The van der Waals surface area contributed by atoms with Gasteiger partial charge in [0.1, 0.15) is 0 Å². The summed E-state index contributed by atoms with van der Waals surface area (Å²) in [6, 6.07) is 0.204. The van der Waals surface area contributed by atoms with Crippen LogP contribution in [-0.2, 0) is 4.74 Å². The summed E-state index contributed by atoms with van der Waals surface area (Å²) in [4.78, 5) is 19.1. The monoisotopic (exact) mass is 335 g/mol. The number of carbonyl (C=O) groups excluding carboxylic acids is 1. The molecule has 5 nitrogen and oxygen atoms in total. The first-order valence-corrected chi connectivity index (χ1v) is 9.30. The quantitative estimate of drug-likeness (QED) is 0.919. The van der Waals surface area contributed by atoms with E-state index in [2.05, 4.69) is 28.7 Å². The molecule has 126 valence electrons. The standard InChI is InChI=1S/C17H25N3O2S/c1-12-3-7-20(8-4-12)13(2)15-11-23-17(19-15)16(21)18-14-5-9-22-10-6-14/h11-12,14H,2-10H2,1H3,(H,18,21). The van der Waals surface area contributed by atoms with E-state index in [1.54, 1.807) is 0 Å². The second kappa shape index (κ2) is 7.45. The molecule has 0 radical (unpaired) electrons. The van der Waals surface area contributed by atoms with Crippen molar-refractivity contribution in [2.75, 3.05) is 26.3 Å². The van der Waals surface area contributed by atoms with Crippen LogP contribution in [0.3, 0.4) is 0 Å². The van der Waals surface area contributed by atoms with Crippen LogP contribution >= 0.6 is 11.3 Å². The minimum absolute atomic E-state index is 0.0757. The van der Waals surface area contributed by atoms with Gasteiger partial charge < -0.3 is 15.0 Å². The van der Waals surface area contributed by atoms with Crippen molar-refractivity contribution in [2.24, 2.45) is 5.92 Å². The Morgan fingerprint density at radius 3 is 2.74 bits per heavy atom. The number of thiazole rings is 1. The molecule has 3 rings (SSSR count). The highest BCUT2D eigenvalue weighted by molar-refractivity contribution is 7.11.